The molecule has 0 unspecified atom stereocenters. The lowest BCUT2D eigenvalue weighted by Crippen LogP contribution is -2.15. The van der Waals surface area contributed by atoms with Crippen LogP contribution in [0.25, 0.3) is 21.8 Å². The van der Waals surface area contributed by atoms with Crippen LogP contribution >= 0.6 is 0 Å². The molecule has 27 heavy (non-hydrogen) atoms. The van der Waals surface area contributed by atoms with Crippen molar-refractivity contribution in [2.24, 2.45) is 0 Å². The molecule has 3 nitrogen and oxygen atoms in total. The lowest BCUT2D eigenvalue weighted by molar-refractivity contribution is 0.477. The summed E-state index contributed by atoms with van der Waals surface area (Å²) in [6.07, 6.45) is 0. The fourth-order valence-corrected chi connectivity index (χ4v) is 3.96. The van der Waals surface area contributed by atoms with Crippen LogP contribution in [0.5, 0.6) is 11.5 Å². The molecule has 1 N–H and O–H groups in total. The van der Waals surface area contributed by atoms with Gasteiger partial charge < -0.3 is 14.6 Å². The number of fused-ring (bicyclic) bond motifs is 5. The van der Waals surface area contributed by atoms with E-state index in [1.807, 2.05) is 36.4 Å². The molecule has 3 heteroatoms. The molecule has 0 bridgehead atoms. The molecule has 0 aliphatic carbocycles. The minimum Gasteiger partial charge on any atom is -0.453 e. The molecule has 0 atom stereocenters. The Hall–Kier alpha value is -3.72. The van der Waals surface area contributed by atoms with Gasteiger partial charge in [0.05, 0.1) is 11.4 Å². The number of rotatable bonds is 1. The zero-order chi connectivity index (χ0) is 17.8. The van der Waals surface area contributed by atoms with Gasteiger partial charge in [0, 0.05) is 27.5 Å². The van der Waals surface area contributed by atoms with Crippen molar-refractivity contribution in [1.29, 1.82) is 0 Å². The van der Waals surface area contributed by atoms with Crippen molar-refractivity contribution in [2.45, 2.75) is 0 Å². The number of anilines is 3. The lowest BCUT2D eigenvalue weighted by Gasteiger charge is -2.32. The summed E-state index contributed by atoms with van der Waals surface area (Å²) in [5.41, 5.74) is 5.53. The van der Waals surface area contributed by atoms with Gasteiger partial charge in [0.25, 0.3) is 0 Å². The Kier molecular flexibility index (Phi) is 2.88. The van der Waals surface area contributed by atoms with E-state index in [2.05, 4.69) is 64.5 Å². The second kappa shape index (κ2) is 5.39. The fourth-order valence-electron chi connectivity index (χ4n) is 3.96. The molecule has 0 saturated carbocycles. The molecule has 128 valence electrons. The maximum Gasteiger partial charge on any atom is 0.151 e. The molecular formula is C24H16N2O. The first-order chi connectivity index (χ1) is 13.4. The van der Waals surface area contributed by atoms with E-state index in [1.54, 1.807) is 0 Å². The number of nitrogens with zero attached hydrogens (tertiary/aromatic N) is 1. The Labute approximate surface area is 156 Å². The smallest absolute Gasteiger partial charge is 0.151 e. The summed E-state index contributed by atoms with van der Waals surface area (Å²) in [6.45, 7) is 0. The number of benzene rings is 4. The highest BCUT2D eigenvalue weighted by Crippen LogP contribution is 2.50. The minimum absolute atomic E-state index is 0.871. The Morgan fingerprint density at radius 2 is 1.22 bits per heavy atom. The van der Waals surface area contributed by atoms with E-state index in [4.69, 9.17) is 4.74 Å². The molecule has 6 rings (SSSR count). The van der Waals surface area contributed by atoms with Crippen LogP contribution in [0, 0.1) is 0 Å². The summed E-state index contributed by atoms with van der Waals surface area (Å²) in [5.74, 6) is 1.74. The van der Waals surface area contributed by atoms with Gasteiger partial charge in [0.2, 0.25) is 0 Å². The van der Waals surface area contributed by atoms with Gasteiger partial charge in [-0.25, -0.2) is 0 Å². The second-order valence-electron chi connectivity index (χ2n) is 6.77. The average Bonchev–Trinajstić information content (AvgIpc) is 3.10. The van der Waals surface area contributed by atoms with Crippen molar-refractivity contribution in [3.05, 3.63) is 91.0 Å². The number of aromatic nitrogens is 1. The number of ether oxygens (including phenoxy) is 1. The van der Waals surface area contributed by atoms with Crippen molar-refractivity contribution in [3.63, 3.8) is 0 Å². The van der Waals surface area contributed by atoms with Crippen molar-refractivity contribution >= 4 is 38.9 Å². The van der Waals surface area contributed by atoms with Crippen LogP contribution in [0.15, 0.2) is 91.0 Å². The summed E-state index contributed by atoms with van der Waals surface area (Å²) in [6, 6.07) is 31.4. The summed E-state index contributed by atoms with van der Waals surface area (Å²) >= 11 is 0. The van der Waals surface area contributed by atoms with Crippen LogP contribution in [-0.4, -0.2) is 4.98 Å². The van der Waals surface area contributed by atoms with Crippen molar-refractivity contribution < 1.29 is 4.74 Å². The fraction of sp³-hybridized carbons (Fsp3) is 0. The molecule has 1 aliphatic heterocycles. The number of para-hydroxylation sites is 5. The number of hydrogen-bond donors (Lipinski definition) is 1. The number of hydrogen-bond acceptors (Lipinski definition) is 2. The highest BCUT2D eigenvalue weighted by atomic mass is 16.5. The van der Waals surface area contributed by atoms with Gasteiger partial charge in [-0.1, -0.05) is 42.5 Å². The average molecular weight is 348 g/mol. The first-order valence-corrected chi connectivity index (χ1v) is 9.05. The Morgan fingerprint density at radius 1 is 0.593 bits per heavy atom. The van der Waals surface area contributed by atoms with Crippen LogP contribution in [0.1, 0.15) is 0 Å². The van der Waals surface area contributed by atoms with Crippen molar-refractivity contribution in [1.82, 2.24) is 4.98 Å². The highest BCUT2D eigenvalue weighted by Gasteiger charge is 2.25. The summed E-state index contributed by atoms with van der Waals surface area (Å²) in [7, 11) is 0. The van der Waals surface area contributed by atoms with Gasteiger partial charge in [-0.15, -0.1) is 0 Å². The van der Waals surface area contributed by atoms with E-state index >= 15 is 0 Å². The summed E-state index contributed by atoms with van der Waals surface area (Å²) < 4.78 is 6.12. The third-order valence-electron chi connectivity index (χ3n) is 5.18. The maximum atomic E-state index is 6.12. The molecule has 1 aromatic heterocycles. The quantitative estimate of drug-likeness (QED) is 0.350. The standard InChI is InChI=1S/C24H16N2O/c1-2-8-19-17(7-1)18-15-16(13-14-20(18)25-19)26-21-9-3-5-11-23(21)27-24-12-6-4-10-22(24)26/h1-15,25H. The summed E-state index contributed by atoms with van der Waals surface area (Å²) in [4.78, 5) is 5.78. The number of aromatic amines is 1. The molecule has 2 heterocycles. The molecule has 0 radical (unpaired) electrons. The van der Waals surface area contributed by atoms with Gasteiger partial charge >= 0.3 is 0 Å². The molecule has 0 spiro atoms. The Bertz CT molecular complexity index is 1270. The summed E-state index contributed by atoms with van der Waals surface area (Å²) in [5, 5.41) is 2.47. The second-order valence-corrected chi connectivity index (χ2v) is 6.77. The largest absolute Gasteiger partial charge is 0.453 e. The third-order valence-corrected chi connectivity index (χ3v) is 5.18. The third kappa shape index (κ3) is 2.09. The van der Waals surface area contributed by atoms with Crippen LogP contribution in [0.3, 0.4) is 0 Å². The van der Waals surface area contributed by atoms with Gasteiger partial charge in [-0.05, 0) is 48.5 Å². The number of nitrogens with one attached hydrogen (secondary N) is 1. The Balaban J connectivity index is 1.63. The zero-order valence-electron chi connectivity index (χ0n) is 14.5. The zero-order valence-corrected chi connectivity index (χ0v) is 14.5. The van der Waals surface area contributed by atoms with Crippen LogP contribution in [0.2, 0.25) is 0 Å². The molecule has 4 aromatic carbocycles. The molecule has 1 aliphatic rings. The van der Waals surface area contributed by atoms with Gasteiger partial charge in [0.1, 0.15) is 0 Å². The molecule has 5 aromatic rings. The van der Waals surface area contributed by atoms with Crippen LogP contribution in [0.4, 0.5) is 17.1 Å². The van der Waals surface area contributed by atoms with Gasteiger partial charge in [0.15, 0.2) is 11.5 Å². The van der Waals surface area contributed by atoms with E-state index in [-0.39, 0.29) is 0 Å². The Morgan fingerprint density at radius 3 is 2.00 bits per heavy atom. The number of H-pyrrole nitrogens is 1. The molecular weight excluding hydrogens is 332 g/mol. The van der Waals surface area contributed by atoms with E-state index in [9.17, 15) is 0 Å². The molecule has 0 fully saturated rings. The first kappa shape index (κ1) is 14.4. The topological polar surface area (TPSA) is 28.3 Å². The predicted molar refractivity (Wildman–Crippen MR) is 111 cm³/mol. The maximum absolute atomic E-state index is 6.12. The van der Waals surface area contributed by atoms with E-state index < -0.39 is 0 Å². The van der Waals surface area contributed by atoms with Gasteiger partial charge in [-0.3, -0.25) is 0 Å². The highest BCUT2D eigenvalue weighted by molar-refractivity contribution is 6.08. The van der Waals surface area contributed by atoms with Crippen LogP contribution < -0.4 is 9.64 Å². The van der Waals surface area contributed by atoms with Crippen molar-refractivity contribution in [3.8, 4) is 11.5 Å². The molecule has 0 amide bonds. The normalized spacial score (nSPS) is 12.7. The van der Waals surface area contributed by atoms with E-state index in [0.29, 0.717) is 0 Å². The van der Waals surface area contributed by atoms with E-state index in [1.165, 1.54) is 10.8 Å². The monoisotopic (exact) mass is 348 g/mol. The van der Waals surface area contributed by atoms with E-state index in [0.717, 1.165) is 39.6 Å². The van der Waals surface area contributed by atoms with Crippen LogP contribution in [-0.2, 0) is 0 Å². The minimum atomic E-state index is 0.871. The molecule has 0 saturated heterocycles. The SMILES string of the molecule is c1ccc2c(c1)Oc1ccccc1N2c1ccc2[nH]c3ccccc3c2c1. The lowest BCUT2D eigenvalue weighted by atomic mass is 10.1. The predicted octanol–water partition coefficient (Wildman–Crippen LogP) is 6.90. The van der Waals surface area contributed by atoms with Gasteiger partial charge in [-0.2, -0.15) is 0 Å². The van der Waals surface area contributed by atoms with Crippen molar-refractivity contribution in [2.75, 3.05) is 4.90 Å². The first-order valence-electron chi connectivity index (χ1n) is 9.05.